The van der Waals surface area contributed by atoms with Crippen LogP contribution in [0.15, 0.2) is 21.7 Å². The van der Waals surface area contributed by atoms with Crippen LogP contribution in [0.1, 0.15) is 18.7 Å². The average Bonchev–Trinajstić information content (AvgIpc) is 3.32. The Morgan fingerprint density at radius 1 is 1.52 bits per heavy atom. The highest BCUT2D eigenvalue weighted by atomic mass is 32.2. The molecule has 4 N–H and O–H groups in total. The second-order valence-electron chi connectivity index (χ2n) is 5.51. The maximum atomic E-state index is 12.7. The van der Waals surface area contributed by atoms with Gasteiger partial charge in [0, 0.05) is 0 Å². The highest BCUT2D eigenvalue weighted by Crippen LogP contribution is 2.32. The number of primary amides is 1. The summed E-state index contributed by atoms with van der Waals surface area (Å²) in [6.07, 6.45) is 0. The van der Waals surface area contributed by atoms with Crippen molar-refractivity contribution in [1.82, 2.24) is 19.7 Å². The summed E-state index contributed by atoms with van der Waals surface area (Å²) in [5.74, 6) is 0.125. The van der Waals surface area contributed by atoms with Crippen molar-refractivity contribution in [2.75, 3.05) is 11.1 Å². The third kappa shape index (κ3) is 4.46. The molecule has 27 heavy (non-hydrogen) atoms. The van der Waals surface area contributed by atoms with Crippen LogP contribution < -0.4 is 11.1 Å². The van der Waals surface area contributed by atoms with E-state index in [2.05, 4.69) is 20.5 Å². The fourth-order valence-corrected chi connectivity index (χ4v) is 5.16. The van der Waals surface area contributed by atoms with Gasteiger partial charge < -0.3 is 11.1 Å². The van der Waals surface area contributed by atoms with Gasteiger partial charge in [-0.05, 0) is 37.5 Å². The predicted octanol–water partition coefficient (Wildman–Crippen LogP) is 3.21. The van der Waals surface area contributed by atoms with Gasteiger partial charge >= 0.3 is 0 Å². The number of thiophene rings is 1. The zero-order chi connectivity index (χ0) is 19.6. The molecular weight excluding hydrogens is 424 g/mol. The fraction of sp³-hybridized carbons (Fsp3) is 0.267. The smallest absolute Gasteiger partial charge is 0.249 e. The summed E-state index contributed by atoms with van der Waals surface area (Å²) in [6, 6.07) is 3.25. The number of aromatic nitrogens is 4. The van der Waals surface area contributed by atoms with Crippen LogP contribution in [0.2, 0.25) is 0 Å². The van der Waals surface area contributed by atoms with Gasteiger partial charge in [0.15, 0.2) is 15.7 Å². The van der Waals surface area contributed by atoms with E-state index in [9.17, 15) is 9.59 Å². The molecule has 3 aromatic rings. The number of carbonyl (C=O) groups is 2. The molecule has 3 aromatic heterocycles. The Morgan fingerprint density at radius 2 is 2.30 bits per heavy atom. The largest absolute Gasteiger partial charge is 0.369 e. The van der Waals surface area contributed by atoms with Gasteiger partial charge in [0.25, 0.3) is 0 Å². The minimum atomic E-state index is -0.584. The van der Waals surface area contributed by atoms with Crippen LogP contribution >= 0.6 is 46.7 Å². The third-order valence-electron chi connectivity index (χ3n) is 3.54. The number of nitrogens with zero attached hydrogens (tertiary/aromatic N) is 3. The van der Waals surface area contributed by atoms with Gasteiger partial charge in [-0.2, -0.15) is 5.10 Å². The van der Waals surface area contributed by atoms with Crippen LogP contribution in [0.4, 0.5) is 5.13 Å². The summed E-state index contributed by atoms with van der Waals surface area (Å²) in [6.45, 7) is 3.57. The maximum Gasteiger partial charge on any atom is 0.249 e. The van der Waals surface area contributed by atoms with Gasteiger partial charge in [-0.15, -0.1) is 23.1 Å². The Labute approximate surface area is 172 Å². The molecule has 0 spiro atoms. The Kier molecular flexibility index (Phi) is 6.09. The molecule has 0 radical (unpaired) electrons. The number of thiazole rings is 1. The van der Waals surface area contributed by atoms with Gasteiger partial charge in [-0.1, -0.05) is 17.4 Å². The van der Waals surface area contributed by atoms with Gasteiger partial charge in [0.2, 0.25) is 11.8 Å². The van der Waals surface area contributed by atoms with Crippen molar-refractivity contribution in [1.29, 1.82) is 0 Å². The van der Waals surface area contributed by atoms with Crippen molar-refractivity contribution in [3.63, 3.8) is 0 Å². The van der Waals surface area contributed by atoms with Crippen molar-refractivity contribution in [3.05, 3.63) is 28.0 Å². The highest BCUT2D eigenvalue weighted by molar-refractivity contribution is 8.01. The lowest BCUT2D eigenvalue weighted by Crippen LogP contribution is -2.24. The number of amides is 2. The van der Waals surface area contributed by atoms with Gasteiger partial charge in [-0.3, -0.25) is 19.3 Å². The van der Waals surface area contributed by atoms with Crippen LogP contribution in [0.5, 0.6) is 0 Å². The zero-order valence-electron chi connectivity index (χ0n) is 14.4. The van der Waals surface area contributed by atoms with E-state index in [1.54, 1.807) is 11.5 Å². The quantitative estimate of drug-likeness (QED) is 0.383. The number of aryl methyl sites for hydroxylation is 1. The Balaban J connectivity index is 1.78. The van der Waals surface area contributed by atoms with Gasteiger partial charge in [0.1, 0.15) is 6.04 Å². The summed E-state index contributed by atoms with van der Waals surface area (Å²) < 4.78 is 2.89. The van der Waals surface area contributed by atoms with Crippen molar-refractivity contribution < 1.29 is 9.59 Å². The molecule has 0 aliphatic rings. The second-order valence-corrected chi connectivity index (χ2v) is 9.09. The fourth-order valence-electron chi connectivity index (χ4n) is 2.28. The minimum absolute atomic E-state index is 0.168. The first-order chi connectivity index (χ1) is 12.9. The molecule has 0 aliphatic heterocycles. The molecule has 0 saturated carbocycles. The van der Waals surface area contributed by atoms with Crippen LogP contribution in [0, 0.1) is 11.7 Å². The summed E-state index contributed by atoms with van der Waals surface area (Å²) in [4.78, 5) is 28.9. The number of carbonyl (C=O) groups excluding carboxylic acids is 2. The SMILES string of the molecule is Cc1nc(NC(=O)C(C)n2c(-c3cccs3)n[nH]c2=S)sc1SCC(N)=O. The van der Waals surface area contributed by atoms with E-state index in [4.69, 9.17) is 18.0 Å². The number of aromatic amines is 1. The average molecular weight is 441 g/mol. The summed E-state index contributed by atoms with van der Waals surface area (Å²) >= 11 is 9.43. The molecule has 0 aliphatic carbocycles. The first-order valence-electron chi connectivity index (χ1n) is 7.77. The molecule has 12 heteroatoms. The monoisotopic (exact) mass is 440 g/mol. The molecule has 0 bridgehead atoms. The van der Waals surface area contributed by atoms with Crippen molar-refractivity contribution >= 4 is 63.6 Å². The van der Waals surface area contributed by atoms with E-state index in [1.165, 1.54) is 34.4 Å². The number of thioether (sulfide) groups is 1. The van der Waals surface area contributed by atoms with E-state index in [-0.39, 0.29) is 11.7 Å². The number of nitrogens with two attached hydrogens (primary N) is 1. The van der Waals surface area contributed by atoms with Crippen molar-refractivity contribution in [3.8, 4) is 10.7 Å². The number of rotatable bonds is 7. The molecule has 0 fully saturated rings. The summed E-state index contributed by atoms with van der Waals surface area (Å²) in [7, 11) is 0. The Bertz CT molecular complexity index is 1020. The normalized spacial score (nSPS) is 12.1. The van der Waals surface area contributed by atoms with Gasteiger partial charge in [0.05, 0.1) is 20.5 Å². The van der Waals surface area contributed by atoms with Crippen molar-refractivity contribution in [2.45, 2.75) is 24.1 Å². The van der Waals surface area contributed by atoms with E-state index in [0.29, 0.717) is 15.7 Å². The van der Waals surface area contributed by atoms with Gasteiger partial charge in [-0.25, -0.2) is 4.98 Å². The van der Waals surface area contributed by atoms with E-state index in [1.807, 2.05) is 24.4 Å². The lowest BCUT2D eigenvalue weighted by molar-refractivity contribution is -0.119. The Morgan fingerprint density at radius 3 is 2.96 bits per heavy atom. The standard InChI is InChI=1S/C15H16N6O2S4/c1-7-13(26-6-10(16)22)27-14(17-7)18-12(23)8(2)21-11(19-20-15(21)24)9-4-3-5-25-9/h3-5,8H,6H2,1-2H3,(H2,16,22)(H,20,24)(H,17,18,23). The van der Waals surface area contributed by atoms with Crippen molar-refractivity contribution in [2.24, 2.45) is 5.73 Å². The zero-order valence-corrected chi connectivity index (χ0v) is 17.7. The first kappa shape index (κ1) is 19.7. The molecule has 3 rings (SSSR count). The lowest BCUT2D eigenvalue weighted by Gasteiger charge is -2.14. The maximum absolute atomic E-state index is 12.7. The number of nitrogens with one attached hydrogen (secondary N) is 2. The molecule has 0 aromatic carbocycles. The van der Waals surface area contributed by atoms with Crippen LogP contribution in [-0.2, 0) is 9.59 Å². The van der Waals surface area contributed by atoms with E-state index in [0.717, 1.165) is 14.8 Å². The Hall–Kier alpha value is -2.02. The first-order valence-corrected chi connectivity index (χ1v) is 10.9. The third-order valence-corrected chi connectivity index (χ3v) is 7.15. The van der Waals surface area contributed by atoms with Crippen LogP contribution in [0.25, 0.3) is 10.7 Å². The highest BCUT2D eigenvalue weighted by Gasteiger charge is 2.22. The molecule has 3 heterocycles. The lowest BCUT2D eigenvalue weighted by atomic mass is 10.3. The molecule has 1 unspecified atom stereocenters. The molecule has 1 atom stereocenters. The van der Waals surface area contributed by atoms with E-state index < -0.39 is 11.9 Å². The number of anilines is 1. The molecule has 142 valence electrons. The molecule has 2 amide bonds. The minimum Gasteiger partial charge on any atom is -0.369 e. The van der Waals surface area contributed by atoms with Crippen LogP contribution in [0.3, 0.4) is 0 Å². The second kappa shape index (κ2) is 8.33. The number of hydrogen-bond donors (Lipinski definition) is 3. The van der Waals surface area contributed by atoms with E-state index >= 15 is 0 Å². The molecule has 8 nitrogen and oxygen atoms in total. The number of hydrogen-bond acceptors (Lipinski definition) is 8. The summed E-state index contributed by atoms with van der Waals surface area (Å²) in [5.41, 5.74) is 5.92. The molecule has 0 saturated heterocycles. The van der Waals surface area contributed by atoms with Crippen LogP contribution in [-0.4, -0.2) is 37.3 Å². The summed E-state index contributed by atoms with van der Waals surface area (Å²) in [5, 5.41) is 12.2. The molecular formula is C15H16N6O2S4. The topological polar surface area (TPSA) is 119 Å². The number of H-pyrrole nitrogens is 1. The predicted molar refractivity (Wildman–Crippen MR) is 111 cm³/mol.